The number of benzene rings is 2. The summed E-state index contributed by atoms with van der Waals surface area (Å²) in [4.78, 5) is 0. The Bertz CT molecular complexity index is 560. The minimum Gasteiger partial charge on any atom is -0.378 e. The Kier molecular flexibility index (Phi) is 5.46. The predicted molar refractivity (Wildman–Crippen MR) is 96.4 cm³/mol. The summed E-state index contributed by atoms with van der Waals surface area (Å²) in [6.45, 7) is 6.59. The Labute approximate surface area is 135 Å². The topological polar surface area (TPSA) is 12.0 Å². The first-order chi connectivity index (χ1) is 9.60. The Morgan fingerprint density at radius 2 is 1.80 bits per heavy atom. The average molecular weight is 379 g/mol. The zero-order chi connectivity index (χ0) is 14.5. The van der Waals surface area contributed by atoms with Crippen molar-refractivity contribution in [3.8, 4) is 0 Å². The van der Waals surface area contributed by atoms with E-state index in [9.17, 15) is 0 Å². The van der Waals surface area contributed by atoms with Gasteiger partial charge >= 0.3 is 0 Å². The summed E-state index contributed by atoms with van der Waals surface area (Å²) in [6.07, 6.45) is 2.37. The fraction of sp³-hybridized carbons (Fsp3) is 0.333. The van der Waals surface area contributed by atoms with Gasteiger partial charge in [-0.2, -0.15) is 0 Å². The van der Waals surface area contributed by atoms with E-state index in [0.717, 1.165) is 6.42 Å². The van der Waals surface area contributed by atoms with E-state index < -0.39 is 0 Å². The Hall–Kier alpha value is -1.03. The van der Waals surface area contributed by atoms with Crippen molar-refractivity contribution in [1.29, 1.82) is 0 Å². The zero-order valence-electron chi connectivity index (χ0n) is 12.4. The van der Waals surface area contributed by atoms with Crippen LogP contribution in [0.4, 0.5) is 5.69 Å². The minimum atomic E-state index is 0.324. The molecule has 0 heterocycles. The number of halogens is 1. The normalized spacial score (nSPS) is 12.2. The fourth-order valence-electron chi connectivity index (χ4n) is 2.37. The molecule has 20 heavy (non-hydrogen) atoms. The molecule has 0 bridgehead atoms. The number of hydrogen-bond acceptors (Lipinski definition) is 1. The van der Waals surface area contributed by atoms with Crippen LogP contribution in [0.3, 0.4) is 0 Å². The first-order valence-corrected chi connectivity index (χ1v) is 8.29. The van der Waals surface area contributed by atoms with Crippen LogP contribution in [0.25, 0.3) is 0 Å². The first kappa shape index (κ1) is 15.4. The molecule has 0 aromatic heterocycles. The SMILES string of the molecule is CCCc1ccc(C(C)Nc2ccc(I)cc2C)cc1. The van der Waals surface area contributed by atoms with Crippen molar-refractivity contribution in [2.75, 3.05) is 5.32 Å². The summed E-state index contributed by atoms with van der Waals surface area (Å²) < 4.78 is 1.28. The summed E-state index contributed by atoms with van der Waals surface area (Å²) in [5, 5.41) is 3.60. The Morgan fingerprint density at radius 1 is 1.10 bits per heavy atom. The maximum atomic E-state index is 3.60. The van der Waals surface area contributed by atoms with Crippen LogP contribution >= 0.6 is 22.6 Å². The molecule has 0 fully saturated rings. The molecule has 0 saturated carbocycles. The lowest BCUT2D eigenvalue weighted by atomic mass is 10.0. The number of rotatable bonds is 5. The highest BCUT2D eigenvalue weighted by atomic mass is 127. The van der Waals surface area contributed by atoms with Gasteiger partial charge in [0.25, 0.3) is 0 Å². The van der Waals surface area contributed by atoms with Crippen molar-refractivity contribution >= 4 is 28.3 Å². The van der Waals surface area contributed by atoms with Crippen molar-refractivity contribution in [2.24, 2.45) is 0 Å². The van der Waals surface area contributed by atoms with Crippen LogP contribution in [0, 0.1) is 10.5 Å². The molecule has 1 atom stereocenters. The molecule has 1 nitrogen and oxygen atoms in total. The van der Waals surface area contributed by atoms with Crippen LogP contribution in [-0.4, -0.2) is 0 Å². The fourth-order valence-corrected chi connectivity index (χ4v) is 3.01. The summed E-state index contributed by atoms with van der Waals surface area (Å²) in [5.74, 6) is 0. The maximum absolute atomic E-state index is 3.60. The van der Waals surface area contributed by atoms with Gasteiger partial charge in [-0.1, -0.05) is 37.6 Å². The molecule has 2 rings (SSSR count). The largest absolute Gasteiger partial charge is 0.378 e. The third-order valence-electron chi connectivity index (χ3n) is 3.58. The van der Waals surface area contributed by atoms with Gasteiger partial charge in [0.2, 0.25) is 0 Å². The van der Waals surface area contributed by atoms with Gasteiger partial charge in [-0.25, -0.2) is 0 Å². The zero-order valence-corrected chi connectivity index (χ0v) is 14.6. The minimum absolute atomic E-state index is 0.324. The number of anilines is 1. The molecule has 1 unspecified atom stereocenters. The second kappa shape index (κ2) is 7.11. The van der Waals surface area contributed by atoms with Crippen LogP contribution in [0.15, 0.2) is 42.5 Å². The Morgan fingerprint density at radius 3 is 2.40 bits per heavy atom. The number of hydrogen-bond donors (Lipinski definition) is 1. The van der Waals surface area contributed by atoms with Gasteiger partial charge in [0.15, 0.2) is 0 Å². The monoisotopic (exact) mass is 379 g/mol. The average Bonchev–Trinajstić information content (AvgIpc) is 2.43. The van der Waals surface area contributed by atoms with Crippen LogP contribution in [0.5, 0.6) is 0 Å². The van der Waals surface area contributed by atoms with E-state index in [2.05, 4.69) is 91.1 Å². The highest BCUT2D eigenvalue weighted by Crippen LogP contribution is 2.24. The van der Waals surface area contributed by atoms with Gasteiger partial charge in [-0.15, -0.1) is 0 Å². The molecule has 0 aliphatic carbocycles. The van der Waals surface area contributed by atoms with Crippen molar-refractivity contribution in [3.05, 3.63) is 62.7 Å². The lowest BCUT2D eigenvalue weighted by Gasteiger charge is -2.18. The molecule has 106 valence electrons. The molecular formula is C18H22IN. The van der Waals surface area contributed by atoms with Crippen LogP contribution in [-0.2, 0) is 6.42 Å². The van der Waals surface area contributed by atoms with Crippen LogP contribution < -0.4 is 5.32 Å². The third-order valence-corrected chi connectivity index (χ3v) is 4.25. The van der Waals surface area contributed by atoms with Gasteiger partial charge in [0.05, 0.1) is 0 Å². The third kappa shape index (κ3) is 3.98. The number of aryl methyl sites for hydroxylation is 2. The molecule has 0 spiro atoms. The predicted octanol–water partition coefficient (Wildman–Crippen LogP) is 5.73. The van der Waals surface area contributed by atoms with Crippen molar-refractivity contribution in [1.82, 2.24) is 0 Å². The van der Waals surface area contributed by atoms with E-state index in [0.29, 0.717) is 6.04 Å². The van der Waals surface area contributed by atoms with E-state index in [1.807, 2.05) is 0 Å². The quantitative estimate of drug-likeness (QED) is 0.655. The molecule has 0 amide bonds. The molecule has 2 aromatic rings. The Balaban J connectivity index is 2.09. The van der Waals surface area contributed by atoms with E-state index in [-0.39, 0.29) is 0 Å². The molecule has 0 aliphatic rings. The molecule has 0 aliphatic heterocycles. The van der Waals surface area contributed by atoms with E-state index in [1.165, 1.54) is 32.4 Å². The van der Waals surface area contributed by atoms with Crippen LogP contribution in [0.1, 0.15) is 43.0 Å². The highest BCUT2D eigenvalue weighted by Gasteiger charge is 2.07. The van der Waals surface area contributed by atoms with Crippen LogP contribution in [0.2, 0.25) is 0 Å². The molecule has 1 N–H and O–H groups in total. The molecule has 0 radical (unpaired) electrons. The number of nitrogens with one attached hydrogen (secondary N) is 1. The van der Waals surface area contributed by atoms with Gasteiger partial charge in [0, 0.05) is 15.3 Å². The smallest absolute Gasteiger partial charge is 0.0485 e. The van der Waals surface area contributed by atoms with E-state index in [4.69, 9.17) is 0 Å². The molecular weight excluding hydrogens is 357 g/mol. The van der Waals surface area contributed by atoms with Gasteiger partial charge in [0.1, 0.15) is 0 Å². The maximum Gasteiger partial charge on any atom is 0.0485 e. The lowest BCUT2D eigenvalue weighted by Crippen LogP contribution is -2.07. The van der Waals surface area contributed by atoms with Crippen molar-refractivity contribution in [3.63, 3.8) is 0 Å². The van der Waals surface area contributed by atoms with Crippen molar-refractivity contribution < 1.29 is 0 Å². The van der Waals surface area contributed by atoms with Gasteiger partial charge in [-0.3, -0.25) is 0 Å². The summed E-state index contributed by atoms with van der Waals surface area (Å²) in [6, 6.07) is 15.8. The van der Waals surface area contributed by atoms with E-state index in [1.54, 1.807) is 0 Å². The molecule has 2 heteroatoms. The van der Waals surface area contributed by atoms with Crippen molar-refractivity contribution in [2.45, 2.75) is 39.7 Å². The van der Waals surface area contributed by atoms with Gasteiger partial charge in [-0.05, 0) is 77.7 Å². The second-order valence-electron chi connectivity index (χ2n) is 5.32. The standard InChI is InChI=1S/C18H22IN/c1-4-5-15-6-8-16(9-7-15)14(3)20-18-11-10-17(19)12-13(18)2/h6-12,14,20H,4-5H2,1-3H3. The van der Waals surface area contributed by atoms with E-state index >= 15 is 0 Å². The highest BCUT2D eigenvalue weighted by molar-refractivity contribution is 14.1. The van der Waals surface area contributed by atoms with Gasteiger partial charge < -0.3 is 5.32 Å². The summed E-state index contributed by atoms with van der Waals surface area (Å²) in [7, 11) is 0. The lowest BCUT2D eigenvalue weighted by molar-refractivity contribution is 0.874. The second-order valence-corrected chi connectivity index (χ2v) is 6.56. The first-order valence-electron chi connectivity index (χ1n) is 7.21. The summed E-state index contributed by atoms with van der Waals surface area (Å²) in [5.41, 5.74) is 5.28. The summed E-state index contributed by atoms with van der Waals surface area (Å²) >= 11 is 2.35. The molecule has 0 saturated heterocycles. The molecule has 2 aromatic carbocycles.